The predicted molar refractivity (Wildman–Crippen MR) is 86.3 cm³/mol. The lowest BCUT2D eigenvalue weighted by molar-refractivity contribution is 0.295. The van der Waals surface area contributed by atoms with Gasteiger partial charge in [-0.15, -0.1) is 0 Å². The van der Waals surface area contributed by atoms with E-state index in [1.54, 1.807) is 18.5 Å². The van der Waals surface area contributed by atoms with Crippen LogP contribution < -0.4 is 0 Å². The molecular weight excluding hydrogens is 248 g/mol. The summed E-state index contributed by atoms with van der Waals surface area (Å²) in [5.41, 5.74) is 2.80. The molecule has 0 atom stereocenters. The summed E-state index contributed by atoms with van der Waals surface area (Å²) in [5.74, 6) is 0. The maximum Gasteiger partial charge on any atom is 0.0886 e. The molecule has 2 aromatic heterocycles. The highest BCUT2D eigenvalue weighted by Gasteiger charge is 1.97. The van der Waals surface area contributed by atoms with E-state index in [-0.39, 0.29) is 0 Å². The van der Waals surface area contributed by atoms with Crippen LogP contribution >= 0.6 is 0 Å². The van der Waals surface area contributed by atoms with Crippen LogP contribution in [0.2, 0.25) is 0 Å². The van der Waals surface area contributed by atoms with E-state index in [1.165, 1.54) is 0 Å². The second-order valence-corrected chi connectivity index (χ2v) is 3.62. The third-order valence-electron chi connectivity index (χ3n) is 2.17. The van der Waals surface area contributed by atoms with Crippen molar-refractivity contribution in [2.24, 2.45) is 0 Å². The van der Waals surface area contributed by atoms with Crippen molar-refractivity contribution in [1.29, 1.82) is 0 Å². The number of aromatic nitrogens is 2. The summed E-state index contributed by atoms with van der Waals surface area (Å²) in [5, 5.41) is 7.88. The van der Waals surface area contributed by atoms with Gasteiger partial charge in [0, 0.05) is 19.0 Å². The first-order valence-electron chi connectivity index (χ1n) is 6.92. The molecule has 0 saturated carbocycles. The van der Waals surface area contributed by atoms with Gasteiger partial charge < -0.3 is 5.11 Å². The van der Waals surface area contributed by atoms with Gasteiger partial charge in [-0.2, -0.15) is 0 Å². The quantitative estimate of drug-likeness (QED) is 0.910. The number of hydrogen-bond donors (Lipinski definition) is 1. The Labute approximate surface area is 122 Å². The van der Waals surface area contributed by atoms with Gasteiger partial charge >= 0.3 is 0 Å². The molecule has 1 N–H and O–H groups in total. The minimum absolute atomic E-state index is 0.319. The van der Waals surface area contributed by atoms with E-state index >= 15 is 0 Å². The Bertz CT molecular complexity index is 450. The van der Waals surface area contributed by atoms with Crippen molar-refractivity contribution in [1.82, 2.24) is 9.97 Å². The van der Waals surface area contributed by atoms with Gasteiger partial charge in [0.15, 0.2) is 0 Å². The summed E-state index contributed by atoms with van der Waals surface area (Å²) in [6.07, 6.45) is 6.20. The van der Waals surface area contributed by atoms with Crippen LogP contribution in [-0.4, -0.2) is 21.7 Å². The zero-order chi connectivity index (χ0) is 15.2. The zero-order valence-electron chi connectivity index (χ0n) is 12.6. The van der Waals surface area contributed by atoms with Gasteiger partial charge in [-0.1, -0.05) is 45.6 Å². The summed E-state index contributed by atoms with van der Waals surface area (Å²) in [4.78, 5) is 8.50. The molecule has 0 spiro atoms. The van der Waals surface area contributed by atoms with Crippen molar-refractivity contribution >= 4 is 6.08 Å². The highest BCUT2D eigenvalue weighted by atomic mass is 16.2. The summed E-state index contributed by atoms with van der Waals surface area (Å²) in [7, 11) is 0. The minimum Gasteiger partial charge on any atom is -0.396 e. The molecule has 3 heteroatoms. The number of rotatable bonds is 3. The van der Waals surface area contributed by atoms with E-state index in [2.05, 4.69) is 16.5 Å². The van der Waals surface area contributed by atoms with Crippen LogP contribution in [0, 0.1) is 0 Å². The lowest BCUT2D eigenvalue weighted by Gasteiger charge is -1.99. The van der Waals surface area contributed by atoms with Crippen molar-refractivity contribution in [3.05, 3.63) is 54.9 Å². The monoisotopic (exact) mass is 272 g/mol. The van der Waals surface area contributed by atoms with Gasteiger partial charge in [0.1, 0.15) is 0 Å². The van der Waals surface area contributed by atoms with Crippen molar-refractivity contribution in [2.75, 3.05) is 6.61 Å². The summed E-state index contributed by atoms with van der Waals surface area (Å²) < 4.78 is 0. The predicted octanol–water partition coefficient (Wildman–Crippen LogP) is 4.20. The van der Waals surface area contributed by atoms with Gasteiger partial charge in [0.25, 0.3) is 0 Å². The number of pyridine rings is 2. The van der Waals surface area contributed by atoms with Crippen LogP contribution in [0.5, 0.6) is 0 Å². The Kier molecular flexibility index (Phi) is 10.8. The normalized spacial score (nSPS) is 8.60. The summed E-state index contributed by atoms with van der Waals surface area (Å²) in [6.45, 7) is 9.93. The maximum atomic E-state index is 7.88. The molecule has 0 saturated heterocycles. The van der Waals surface area contributed by atoms with Gasteiger partial charge in [-0.05, 0) is 30.2 Å². The Hall–Kier alpha value is -2.00. The minimum atomic E-state index is 0.319. The number of hydrogen-bond acceptors (Lipinski definition) is 3. The molecule has 2 heterocycles. The van der Waals surface area contributed by atoms with E-state index in [0.717, 1.165) is 23.4 Å². The van der Waals surface area contributed by atoms with E-state index in [4.69, 9.17) is 5.11 Å². The molecule has 2 rings (SSSR count). The van der Waals surface area contributed by atoms with E-state index in [1.807, 2.05) is 51.1 Å². The average molecular weight is 272 g/mol. The Morgan fingerprint density at radius 3 is 2.15 bits per heavy atom. The third kappa shape index (κ3) is 6.81. The molecule has 3 nitrogen and oxygen atoms in total. The van der Waals surface area contributed by atoms with Crippen LogP contribution in [0.15, 0.2) is 49.3 Å². The first-order chi connectivity index (χ1) is 9.81. The molecule has 0 aliphatic rings. The van der Waals surface area contributed by atoms with Crippen LogP contribution in [0.3, 0.4) is 0 Å². The molecule has 20 heavy (non-hydrogen) atoms. The molecular formula is C17H24N2O. The van der Waals surface area contributed by atoms with Crippen molar-refractivity contribution in [3.63, 3.8) is 0 Å². The smallest absolute Gasteiger partial charge is 0.0886 e. The summed E-state index contributed by atoms with van der Waals surface area (Å²) in [6, 6.07) is 9.70. The van der Waals surface area contributed by atoms with Crippen molar-refractivity contribution in [2.45, 2.75) is 27.2 Å². The number of aliphatic hydroxyl groups is 1. The van der Waals surface area contributed by atoms with Gasteiger partial charge in [0.2, 0.25) is 0 Å². The second-order valence-electron chi connectivity index (χ2n) is 3.62. The first-order valence-corrected chi connectivity index (χ1v) is 6.92. The van der Waals surface area contributed by atoms with E-state index in [0.29, 0.717) is 6.61 Å². The van der Waals surface area contributed by atoms with Gasteiger partial charge in [-0.3, -0.25) is 9.97 Å². The Morgan fingerprint density at radius 2 is 1.75 bits per heavy atom. The molecule has 0 amide bonds. The SMILES string of the molecule is C=Cc1ccc(-c2ccccn2)nc1.CC.CCCO. The average Bonchev–Trinajstić information content (AvgIpc) is 2.58. The molecule has 0 bridgehead atoms. The van der Waals surface area contributed by atoms with Crippen LogP contribution in [-0.2, 0) is 0 Å². The van der Waals surface area contributed by atoms with Crippen LogP contribution in [0.1, 0.15) is 32.8 Å². The molecule has 0 unspecified atom stereocenters. The lowest BCUT2D eigenvalue weighted by atomic mass is 10.2. The molecule has 0 fully saturated rings. The molecule has 2 aromatic rings. The Morgan fingerprint density at radius 1 is 1.10 bits per heavy atom. The molecule has 0 aliphatic heterocycles. The largest absolute Gasteiger partial charge is 0.396 e. The van der Waals surface area contributed by atoms with Crippen LogP contribution in [0.25, 0.3) is 17.5 Å². The van der Waals surface area contributed by atoms with Gasteiger partial charge in [-0.25, -0.2) is 0 Å². The molecule has 0 aliphatic carbocycles. The maximum absolute atomic E-state index is 7.88. The topological polar surface area (TPSA) is 46.0 Å². The fraction of sp³-hybridized carbons (Fsp3) is 0.294. The first kappa shape index (κ1) is 18.0. The standard InChI is InChI=1S/C12H10N2.C3H8O.C2H6/c1-2-10-6-7-12(14-9-10)11-5-3-4-8-13-11;1-2-3-4;1-2/h2-9H,1H2;4H,2-3H2,1H3;1-2H3. The van der Waals surface area contributed by atoms with Gasteiger partial charge in [0.05, 0.1) is 11.4 Å². The highest BCUT2D eigenvalue weighted by Crippen LogP contribution is 2.13. The van der Waals surface area contributed by atoms with Crippen LogP contribution in [0.4, 0.5) is 0 Å². The van der Waals surface area contributed by atoms with Crippen molar-refractivity contribution < 1.29 is 5.11 Å². The fourth-order valence-corrected chi connectivity index (χ4v) is 1.19. The van der Waals surface area contributed by atoms with E-state index in [9.17, 15) is 0 Å². The summed E-state index contributed by atoms with van der Waals surface area (Å²) >= 11 is 0. The number of aliphatic hydroxyl groups excluding tert-OH is 1. The third-order valence-corrected chi connectivity index (χ3v) is 2.17. The Balaban J connectivity index is 0.000000521. The molecule has 108 valence electrons. The van der Waals surface area contributed by atoms with Crippen molar-refractivity contribution in [3.8, 4) is 11.4 Å². The second kappa shape index (κ2) is 12.1. The number of nitrogens with zero attached hydrogens (tertiary/aromatic N) is 2. The zero-order valence-corrected chi connectivity index (χ0v) is 12.6. The molecule has 0 aromatic carbocycles. The highest BCUT2D eigenvalue weighted by molar-refractivity contribution is 5.56. The lowest BCUT2D eigenvalue weighted by Crippen LogP contribution is -1.86. The van der Waals surface area contributed by atoms with E-state index < -0.39 is 0 Å². The fourth-order valence-electron chi connectivity index (χ4n) is 1.19. The molecule has 0 radical (unpaired) electrons.